The number of hydrogen-bond donors (Lipinski definition) is 1. The molecule has 0 saturated carbocycles. The maximum Gasteiger partial charge on any atom is 0.287 e. The highest BCUT2D eigenvalue weighted by molar-refractivity contribution is 7.98. The van der Waals surface area contributed by atoms with Gasteiger partial charge in [-0.2, -0.15) is 11.8 Å². The van der Waals surface area contributed by atoms with Crippen molar-refractivity contribution in [3.63, 3.8) is 0 Å². The first kappa shape index (κ1) is 19.3. The second-order valence-electron chi connectivity index (χ2n) is 6.41. The van der Waals surface area contributed by atoms with E-state index in [4.69, 9.17) is 4.42 Å². The molecular weight excluding hydrogens is 360 g/mol. The first-order chi connectivity index (χ1) is 13.2. The van der Waals surface area contributed by atoms with Gasteiger partial charge in [0.25, 0.3) is 5.91 Å². The smallest absolute Gasteiger partial charge is 0.287 e. The normalized spacial score (nSPS) is 15.1. The number of furan rings is 1. The van der Waals surface area contributed by atoms with E-state index in [0.717, 1.165) is 12.2 Å². The molecule has 1 N–H and O–H groups in total. The molecule has 1 aromatic heterocycles. The topological polar surface area (TPSA) is 62.6 Å². The molecule has 5 nitrogen and oxygen atoms in total. The highest BCUT2D eigenvalue weighted by Gasteiger charge is 2.27. The molecule has 0 saturated heterocycles. The molecule has 2 amide bonds. The quantitative estimate of drug-likeness (QED) is 0.794. The summed E-state index contributed by atoms with van der Waals surface area (Å²) in [5.41, 5.74) is 2.47. The van der Waals surface area contributed by atoms with Crippen molar-refractivity contribution in [2.24, 2.45) is 0 Å². The Labute approximate surface area is 163 Å². The van der Waals surface area contributed by atoms with Crippen molar-refractivity contribution < 1.29 is 14.0 Å². The van der Waals surface area contributed by atoms with Crippen molar-refractivity contribution in [1.82, 2.24) is 10.2 Å². The highest BCUT2D eigenvalue weighted by atomic mass is 32.2. The summed E-state index contributed by atoms with van der Waals surface area (Å²) in [6.07, 6.45) is 6.96. The molecule has 0 fully saturated rings. The SMILES string of the molecule is CSCC[C@H](NC(=O)c1ccco1)C(=O)N1CC=C(c2ccccc2)CC1. The summed E-state index contributed by atoms with van der Waals surface area (Å²) in [6.45, 7) is 1.22. The molecule has 142 valence electrons. The average Bonchev–Trinajstić information content (AvgIpc) is 3.26. The number of rotatable bonds is 7. The van der Waals surface area contributed by atoms with Gasteiger partial charge < -0.3 is 14.6 Å². The van der Waals surface area contributed by atoms with Gasteiger partial charge in [0.1, 0.15) is 6.04 Å². The number of thioether (sulfide) groups is 1. The minimum atomic E-state index is -0.540. The predicted octanol–water partition coefficient (Wildman–Crippen LogP) is 3.45. The highest BCUT2D eigenvalue weighted by Crippen LogP contribution is 2.22. The summed E-state index contributed by atoms with van der Waals surface area (Å²) in [5.74, 6) is 0.638. The number of benzene rings is 1. The molecule has 1 aliphatic rings. The van der Waals surface area contributed by atoms with Crippen LogP contribution in [-0.2, 0) is 4.79 Å². The van der Waals surface area contributed by atoms with Gasteiger partial charge in [0.2, 0.25) is 5.91 Å². The van der Waals surface area contributed by atoms with Crippen molar-refractivity contribution >= 4 is 29.1 Å². The fourth-order valence-electron chi connectivity index (χ4n) is 3.13. The molecule has 27 heavy (non-hydrogen) atoms. The van der Waals surface area contributed by atoms with E-state index in [2.05, 4.69) is 23.5 Å². The van der Waals surface area contributed by atoms with Crippen molar-refractivity contribution in [2.75, 3.05) is 25.1 Å². The largest absolute Gasteiger partial charge is 0.459 e. The van der Waals surface area contributed by atoms with E-state index in [1.807, 2.05) is 29.4 Å². The summed E-state index contributed by atoms with van der Waals surface area (Å²) in [6, 6.07) is 13.0. The number of nitrogens with zero attached hydrogens (tertiary/aromatic N) is 1. The van der Waals surface area contributed by atoms with E-state index in [1.165, 1.54) is 17.4 Å². The number of amides is 2. The molecule has 0 unspecified atom stereocenters. The van der Waals surface area contributed by atoms with Crippen LogP contribution in [-0.4, -0.2) is 47.9 Å². The molecule has 1 aliphatic heterocycles. The molecule has 0 aliphatic carbocycles. The number of hydrogen-bond acceptors (Lipinski definition) is 4. The zero-order valence-electron chi connectivity index (χ0n) is 15.4. The van der Waals surface area contributed by atoms with Crippen molar-refractivity contribution in [3.05, 3.63) is 66.1 Å². The minimum absolute atomic E-state index is 0.0349. The Kier molecular flexibility index (Phi) is 6.76. The summed E-state index contributed by atoms with van der Waals surface area (Å²) in [5, 5.41) is 2.84. The second-order valence-corrected chi connectivity index (χ2v) is 7.40. The first-order valence-electron chi connectivity index (χ1n) is 9.05. The molecule has 2 aromatic rings. The van der Waals surface area contributed by atoms with Crippen LogP contribution in [0.5, 0.6) is 0 Å². The Morgan fingerprint density at radius 3 is 2.67 bits per heavy atom. The molecule has 0 radical (unpaired) electrons. The van der Waals surface area contributed by atoms with E-state index in [0.29, 0.717) is 19.5 Å². The molecule has 2 heterocycles. The van der Waals surface area contributed by atoms with Crippen LogP contribution in [0.3, 0.4) is 0 Å². The lowest BCUT2D eigenvalue weighted by Crippen LogP contribution is -2.49. The van der Waals surface area contributed by atoms with Crippen LogP contribution in [0, 0.1) is 0 Å². The van der Waals surface area contributed by atoms with E-state index in [-0.39, 0.29) is 17.6 Å². The van der Waals surface area contributed by atoms with Crippen LogP contribution in [0.4, 0.5) is 0 Å². The van der Waals surface area contributed by atoms with Crippen LogP contribution in [0.1, 0.15) is 29.0 Å². The van der Waals surface area contributed by atoms with Gasteiger partial charge in [-0.15, -0.1) is 0 Å². The fourth-order valence-corrected chi connectivity index (χ4v) is 3.61. The van der Waals surface area contributed by atoms with Gasteiger partial charge in [-0.05, 0) is 48.1 Å². The maximum atomic E-state index is 13.0. The Morgan fingerprint density at radius 2 is 2.04 bits per heavy atom. The lowest BCUT2D eigenvalue weighted by Gasteiger charge is -2.30. The van der Waals surface area contributed by atoms with Gasteiger partial charge in [0.15, 0.2) is 5.76 Å². The van der Waals surface area contributed by atoms with Crippen LogP contribution in [0.2, 0.25) is 0 Å². The lowest BCUT2D eigenvalue weighted by molar-refractivity contribution is -0.132. The van der Waals surface area contributed by atoms with Gasteiger partial charge in [-0.25, -0.2) is 0 Å². The predicted molar refractivity (Wildman–Crippen MR) is 109 cm³/mol. The first-order valence-corrected chi connectivity index (χ1v) is 10.4. The Hall–Kier alpha value is -2.47. The molecule has 0 spiro atoms. The Morgan fingerprint density at radius 1 is 1.22 bits per heavy atom. The van der Waals surface area contributed by atoms with Crippen LogP contribution >= 0.6 is 11.8 Å². The second kappa shape index (κ2) is 9.46. The zero-order valence-corrected chi connectivity index (χ0v) is 16.2. The number of carbonyl (C=O) groups is 2. The number of carbonyl (C=O) groups excluding carboxylic acids is 2. The minimum Gasteiger partial charge on any atom is -0.459 e. The van der Waals surface area contributed by atoms with E-state index < -0.39 is 6.04 Å². The standard InChI is InChI=1S/C21H24N2O3S/c1-27-15-11-18(22-20(24)19-8-5-14-26-19)21(25)23-12-9-17(10-13-23)16-6-3-2-4-7-16/h2-9,14,18H,10-13,15H2,1H3,(H,22,24)/t18-/m0/s1. The van der Waals surface area contributed by atoms with Gasteiger partial charge in [0.05, 0.1) is 6.26 Å². The fraction of sp³-hybridized carbons (Fsp3) is 0.333. The van der Waals surface area contributed by atoms with E-state index in [9.17, 15) is 9.59 Å². The number of nitrogens with one attached hydrogen (secondary N) is 1. The average molecular weight is 385 g/mol. The zero-order chi connectivity index (χ0) is 19.1. The Balaban J connectivity index is 1.65. The summed E-state index contributed by atoms with van der Waals surface area (Å²) < 4.78 is 5.14. The van der Waals surface area contributed by atoms with Gasteiger partial charge in [0, 0.05) is 13.1 Å². The summed E-state index contributed by atoms with van der Waals surface area (Å²) in [4.78, 5) is 27.1. The van der Waals surface area contributed by atoms with Crippen LogP contribution in [0.15, 0.2) is 59.2 Å². The molecule has 3 rings (SSSR count). The summed E-state index contributed by atoms with van der Waals surface area (Å²) >= 11 is 1.66. The van der Waals surface area contributed by atoms with Gasteiger partial charge in [-0.1, -0.05) is 36.4 Å². The summed E-state index contributed by atoms with van der Waals surface area (Å²) in [7, 11) is 0. The molecular formula is C21H24N2O3S. The van der Waals surface area contributed by atoms with Crippen LogP contribution < -0.4 is 5.32 Å². The maximum absolute atomic E-state index is 13.0. The molecule has 6 heteroatoms. The molecule has 1 atom stereocenters. The third kappa shape index (κ3) is 5.04. The monoisotopic (exact) mass is 384 g/mol. The third-order valence-electron chi connectivity index (χ3n) is 4.62. The van der Waals surface area contributed by atoms with Crippen molar-refractivity contribution in [2.45, 2.75) is 18.9 Å². The van der Waals surface area contributed by atoms with E-state index in [1.54, 1.807) is 23.9 Å². The van der Waals surface area contributed by atoms with E-state index >= 15 is 0 Å². The van der Waals surface area contributed by atoms with Crippen molar-refractivity contribution in [1.29, 1.82) is 0 Å². The molecule has 0 bridgehead atoms. The lowest BCUT2D eigenvalue weighted by atomic mass is 9.99. The van der Waals surface area contributed by atoms with Gasteiger partial charge in [-0.3, -0.25) is 9.59 Å². The van der Waals surface area contributed by atoms with Gasteiger partial charge >= 0.3 is 0 Å². The third-order valence-corrected chi connectivity index (χ3v) is 5.27. The van der Waals surface area contributed by atoms with Crippen molar-refractivity contribution in [3.8, 4) is 0 Å². The van der Waals surface area contributed by atoms with Crippen LogP contribution in [0.25, 0.3) is 5.57 Å². The molecule has 1 aromatic carbocycles. The Bertz CT molecular complexity index is 787.